The number of nitrogens with zero attached hydrogens (tertiary/aromatic N) is 6. The van der Waals surface area contributed by atoms with E-state index in [1.165, 1.54) is 17.3 Å². The Hall–Kier alpha value is -4.50. The number of amides is 1. The van der Waals surface area contributed by atoms with Gasteiger partial charge in [-0.15, -0.1) is 10.2 Å². The summed E-state index contributed by atoms with van der Waals surface area (Å²) < 4.78 is 3.86. The van der Waals surface area contributed by atoms with E-state index < -0.39 is 0 Å². The average molecular weight is 564 g/mol. The summed E-state index contributed by atoms with van der Waals surface area (Å²) in [5.74, 6) is 0.613. The lowest BCUT2D eigenvalue weighted by atomic mass is 9.87. The SMILES string of the molecule is Cc1nn(-c2ccccc2)c(C)c1C=NNC(=O)CSc1nnc(-c2ccc(C(C)(C)C)cc2)n1-c1ccccc1. The van der Waals surface area contributed by atoms with Gasteiger partial charge in [0.25, 0.3) is 5.91 Å². The van der Waals surface area contributed by atoms with Crippen LogP contribution in [0.3, 0.4) is 0 Å². The Morgan fingerprint density at radius 3 is 2.17 bits per heavy atom. The molecule has 3 aromatic carbocycles. The minimum Gasteiger partial charge on any atom is -0.272 e. The second-order valence-electron chi connectivity index (χ2n) is 10.7. The van der Waals surface area contributed by atoms with Crippen molar-refractivity contribution in [2.24, 2.45) is 5.10 Å². The van der Waals surface area contributed by atoms with Crippen LogP contribution in [-0.4, -0.2) is 42.4 Å². The molecule has 2 aromatic heterocycles. The molecule has 0 atom stereocenters. The zero-order chi connectivity index (χ0) is 29.0. The van der Waals surface area contributed by atoms with Gasteiger partial charge in [0.15, 0.2) is 11.0 Å². The first-order valence-electron chi connectivity index (χ1n) is 13.4. The third-order valence-electron chi connectivity index (χ3n) is 6.72. The second-order valence-corrected chi connectivity index (χ2v) is 11.7. The van der Waals surface area contributed by atoms with Crippen molar-refractivity contribution in [2.75, 3.05) is 5.75 Å². The molecular formula is C32H33N7OS. The minimum absolute atomic E-state index is 0.0578. The van der Waals surface area contributed by atoms with Gasteiger partial charge >= 0.3 is 0 Å². The molecule has 5 aromatic rings. The molecule has 208 valence electrons. The summed E-state index contributed by atoms with van der Waals surface area (Å²) in [7, 11) is 0. The predicted octanol–water partition coefficient (Wildman–Crippen LogP) is 6.28. The maximum absolute atomic E-state index is 12.7. The summed E-state index contributed by atoms with van der Waals surface area (Å²) in [4.78, 5) is 12.7. The first kappa shape index (κ1) is 28.0. The smallest absolute Gasteiger partial charge is 0.250 e. The third-order valence-corrected chi connectivity index (χ3v) is 7.65. The quantitative estimate of drug-likeness (QED) is 0.136. The lowest BCUT2D eigenvalue weighted by Gasteiger charge is -2.19. The summed E-state index contributed by atoms with van der Waals surface area (Å²) in [5, 5.41) is 18.4. The fourth-order valence-corrected chi connectivity index (χ4v) is 5.22. The van der Waals surface area contributed by atoms with Crippen LogP contribution in [0.15, 0.2) is 95.2 Å². The molecule has 0 saturated carbocycles. The van der Waals surface area contributed by atoms with E-state index in [0.717, 1.165) is 39.7 Å². The molecule has 0 unspecified atom stereocenters. The molecule has 9 heteroatoms. The summed E-state index contributed by atoms with van der Waals surface area (Å²) in [6, 6.07) is 28.3. The number of hydrogen-bond donors (Lipinski definition) is 1. The Balaban J connectivity index is 1.30. The van der Waals surface area contributed by atoms with E-state index in [0.29, 0.717) is 5.16 Å². The van der Waals surface area contributed by atoms with Crippen molar-refractivity contribution in [1.82, 2.24) is 30.0 Å². The lowest BCUT2D eigenvalue weighted by molar-refractivity contribution is -0.118. The first-order chi connectivity index (χ1) is 19.7. The van der Waals surface area contributed by atoms with Crippen LogP contribution in [0.1, 0.15) is 43.3 Å². The number of thioether (sulfide) groups is 1. The van der Waals surface area contributed by atoms with Gasteiger partial charge in [-0.25, -0.2) is 10.1 Å². The number of hydrazone groups is 1. The van der Waals surface area contributed by atoms with E-state index in [1.807, 2.05) is 83.8 Å². The van der Waals surface area contributed by atoms with Crippen LogP contribution in [-0.2, 0) is 10.2 Å². The number of aryl methyl sites for hydroxylation is 1. The topological polar surface area (TPSA) is 90.0 Å². The van der Waals surface area contributed by atoms with Crippen LogP contribution >= 0.6 is 11.8 Å². The number of para-hydroxylation sites is 2. The van der Waals surface area contributed by atoms with Crippen molar-refractivity contribution in [3.05, 3.63) is 107 Å². The van der Waals surface area contributed by atoms with Gasteiger partial charge in [0, 0.05) is 16.8 Å². The third kappa shape index (κ3) is 6.30. The van der Waals surface area contributed by atoms with Gasteiger partial charge in [0.1, 0.15) is 0 Å². The van der Waals surface area contributed by atoms with Gasteiger partial charge in [0.2, 0.25) is 0 Å². The van der Waals surface area contributed by atoms with Gasteiger partial charge in [-0.3, -0.25) is 9.36 Å². The molecule has 0 radical (unpaired) electrons. The first-order valence-corrected chi connectivity index (χ1v) is 14.4. The predicted molar refractivity (Wildman–Crippen MR) is 165 cm³/mol. The fourth-order valence-electron chi connectivity index (χ4n) is 4.47. The standard InChI is InChI=1S/C32H33N7OS/c1-22-28(23(2)39(37-22)27-14-10-7-11-15-27)20-33-34-29(40)21-41-31-36-35-30(38(31)26-12-8-6-9-13-26)24-16-18-25(19-17-24)32(3,4)5/h6-20H,21H2,1-5H3,(H,34,40). The van der Waals surface area contributed by atoms with Gasteiger partial charge in [-0.1, -0.05) is 93.2 Å². The molecule has 41 heavy (non-hydrogen) atoms. The zero-order valence-corrected chi connectivity index (χ0v) is 24.7. The highest BCUT2D eigenvalue weighted by molar-refractivity contribution is 7.99. The number of nitrogens with one attached hydrogen (secondary N) is 1. The molecule has 0 saturated heterocycles. The lowest BCUT2D eigenvalue weighted by Crippen LogP contribution is -2.20. The van der Waals surface area contributed by atoms with E-state index in [2.05, 4.69) is 70.9 Å². The van der Waals surface area contributed by atoms with E-state index in [9.17, 15) is 4.79 Å². The van der Waals surface area contributed by atoms with E-state index in [1.54, 1.807) is 6.21 Å². The fraction of sp³-hybridized carbons (Fsp3) is 0.219. The Labute approximate surface area is 244 Å². The van der Waals surface area contributed by atoms with Crippen molar-refractivity contribution in [1.29, 1.82) is 0 Å². The van der Waals surface area contributed by atoms with Crippen molar-refractivity contribution in [3.8, 4) is 22.8 Å². The van der Waals surface area contributed by atoms with Gasteiger partial charge in [-0.2, -0.15) is 10.2 Å². The molecule has 0 spiro atoms. The normalized spacial score (nSPS) is 11.7. The van der Waals surface area contributed by atoms with Crippen molar-refractivity contribution in [3.63, 3.8) is 0 Å². The average Bonchev–Trinajstić information content (AvgIpc) is 3.53. The molecule has 0 fully saturated rings. The molecule has 5 rings (SSSR count). The van der Waals surface area contributed by atoms with Gasteiger partial charge in [-0.05, 0) is 49.1 Å². The van der Waals surface area contributed by atoms with Crippen molar-refractivity contribution < 1.29 is 4.79 Å². The van der Waals surface area contributed by atoms with Crippen LogP contribution in [0.4, 0.5) is 0 Å². The van der Waals surface area contributed by atoms with Crippen LogP contribution in [0.25, 0.3) is 22.8 Å². The Morgan fingerprint density at radius 2 is 1.54 bits per heavy atom. The number of carbonyl (C=O) groups is 1. The molecular weight excluding hydrogens is 530 g/mol. The second kappa shape index (κ2) is 11.9. The molecule has 8 nitrogen and oxygen atoms in total. The summed E-state index contributed by atoms with van der Waals surface area (Å²) in [5.41, 5.74) is 9.44. The summed E-state index contributed by atoms with van der Waals surface area (Å²) >= 11 is 1.31. The summed E-state index contributed by atoms with van der Waals surface area (Å²) in [6.07, 6.45) is 1.64. The minimum atomic E-state index is -0.240. The molecule has 0 aliphatic heterocycles. The van der Waals surface area contributed by atoms with Crippen LogP contribution in [0.5, 0.6) is 0 Å². The largest absolute Gasteiger partial charge is 0.272 e. The van der Waals surface area contributed by atoms with Gasteiger partial charge in [0.05, 0.1) is 29.0 Å². The number of hydrogen-bond acceptors (Lipinski definition) is 6. The maximum Gasteiger partial charge on any atom is 0.250 e. The Bertz CT molecular complexity index is 1670. The van der Waals surface area contributed by atoms with E-state index in [-0.39, 0.29) is 17.1 Å². The molecule has 1 N–H and O–H groups in total. The number of rotatable bonds is 8. The highest BCUT2D eigenvalue weighted by Crippen LogP contribution is 2.30. The van der Waals surface area contributed by atoms with Crippen molar-refractivity contribution in [2.45, 2.75) is 45.2 Å². The maximum atomic E-state index is 12.7. The Morgan fingerprint density at radius 1 is 0.902 bits per heavy atom. The highest BCUT2D eigenvalue weighted by Gasteiger charge is 2.19. The van der Waals surface area contributed by atoms with Gasteiger partial charge < -0.3 is 0 Å². The highest BCUT2D eigenvalue weighted by atomic mass is 32.2. The number of carbonyl (C=O) groups excluding carboxylic acids is 1. The van der Waals surface area contributed by atoms with Crippen LogP contribution < -0.4 is 5.43 Å². The Kier molecular flexibility index (Phi) is 8.16. The van der Waals surface area contributed by atoms with Crippen LogP contribution in [0, 0.1) is 13.8 Å². The molecule has 2 heterocycles. The van der Waals surface area contributed by atoms with E-state index >= 15 is 0 Å². The molecule has 0 bridgehead atoms. The monoisotopic (exact) mass is 563 g/mol. The summed E-state index contributed by atoms with van der Waals surface area (Å²) in [6.45, 7) is 10.5. The van der Waals surface area contributed by atoms with Crippen LogP contribution in [0.2, 0.25) is 0 Å². The van der Waals surface area contributed by atoms with E-state index in [4.69, 9.17) is 0 Å². The molecule has 0 aliphatic rings. The molecule has 0 aliphatic carbocycles. The number of benzene rings is 3. The zero-order valence-electron chi connectivity index (χ0n) is 23.9. The van der Waals surface area contributed by atoms with Crippen molar-refractivity contribution >= 4 is 23.9 Å². The molecule has 1 amide bonds. The number of aromatic nitrogens is 5.